The highest BCUT2D eigenvalue weighted by Crippen LogP contribution is 2.14. The van der Waals surface area contributed by atoms with E-state index in [9.17, 15) is 81.2 Å². The second kappa shape index (κ2) is 38.9. The molecule has 2 rings (SSSR count). The third-order valence-corrected chi connectivity index (χ3v) is 12.9. The summed E-state index contributed by atoms with van der Waals surface area (Å²) in [6, 6.07) is -4.78. The average molecular weight is 1250 g/mol. The fourth-order valence-electron chi connectivity index (χ4n) is 7.68. The fourth-order valence-corrected chi connectivity index (χ4v) is 8.15. The number of unbranched alkanes of at least 4 members (excludes halogenated alkanes) is 1. The molecule has 0 fully saturated rings. The van der Waals surface area contributed by atoms with Gasteiger partial charge in [0.2, 0.25) is 59.1 Å². The van der Waals surface area contributed by atoms with Gasteiger partial charge < -0.3 is 90.5 Å². The minimum Gasteiger partial charge on any atom is -0.481 e. The number of thioether (sulfide) groups is 1. The number of halogens is 3. The van der Waals surface area contributed by atoms with Gasteiger partial charge in [0.15, 0.2) is 0 Å². The predicted octanol–water partition coefficient (Wildman–Crippen LogP) is -3.93. The SMILES string of the molecule is CSCC[C@H](NC(=O)[C@H](CC(C)C)NC(=O)CNC(=O)[C@@H](NC(=O)[C@H](Cc1ccccc1)NC(=O)[C@H](CO)NC(=O)[C@H](CC(=O)O)NC(=O)[C@@H](NC(=O)[C@H](CCCCN)NC(=O)[C@@H](N)Cc1cnc[nH]1)[C@@H](C)O)C(C)C)C(N)=O.O=C(O)C(F)(F)F. The molecule has 0 aliphatic heterocycles. The second-order valence-electron chi connectivity index (χ2n) is 20.4. The van der Waals surface area contributed by atoms with E-state index in [1.165, 1.54) is 24.3 Å². The number of aliphatic carboxylic acids is 2. The summed E-state index contributed by atoms with van der Waals surface area (Å²) in [6.07, 6.45) is -2.08. The summed E-state index contributed by atoms with van der Waals surface area (Å²) in [5.74, 6) is -13.8. The third kappa shape index (κ3) is 29.2. The molecule has 0 aliphatic rings. The summed E-state index contributed by atoms with van der Waals surface area (Å²) in [6.45, 7) is 6.44. The summed E-state index contributed by atoms with van der Waals surface area (Å²) >= 11 is 1.45. The minimum atomic E-state index is -5.08. The van der Waals surface area contributed by atoms with Crippen molar-refractivity contribution >= 4 is 82.8 Å². The number of amides is 10. The Labute approximate surface area is 497 Å². The summed E-state index contributed by atoms with van der Waals surface area (Å²) in [5.41, 5.74) is 18.2. The lowest BCUT2D eigenvalue weighted by Gasteiger charge is -2.28. The second-order valence-corrected chi connectivity index (χ2v) is 21.3. The lowest BCUT2D eigenvalue weighted by Crippen LogP contribution is -2.62. The molecule has 0 aliphatic carbocycles. The molecule has 1 aromatic carbocycles. The highest BCUT2D eigenvalue weighted by atomic mass is 32.2. The van der Waals surface area contributed by atoms with Gasteiger partial charge in [0.1, 0.15) is 48.3 Å². The molecule has 0 unspecified atom stereocenters. The third-order valence-electron chi connectivity index (χ3n) is 12.3. The molecule has 86 heavy (non-hydrogen) atoms. The molecule has 482 valence electrons. The van der Waals surface area contributed by atoms with E-state index in [0.717, 1.165) is 6.92 Å². The molecule has 2 aromatic rings. The van der Waals surface area contributed by atoms with E-state index in [1.807, 2.05) is 20.1 Å². The van der Waals surface area contributed by atoms with Crippen LogP contribution in [0.5, 0.6) is 0 Å². The molecule has 0 saturated heterocycles. The fraction of sp³-hybridized carbons (Fsp3) is 0.596. The molecule has 1 heterocycles. The number of carboxylic acid groups (broad SMARTS) is 2. The predicted molar refractivity (Wildman–Crippen MR) is 303 cm³/mol. The van der Waals surface area contributed by atoms with Crippen LogP contribution in [-0.4, -0.2) is 200 Å². The van der Waals surface area contributed by atoms with Crippen molar-refractivity contribution in [3.05, 3.63) is 54.1 Å². The topological polar surface area (TPSA) is 501 Å². The van der Waals surface area contributed by atoms with Gasteiger partial charge in [0.25, 0.3) is 0 Å². The van der Waals surface area contributed by atoms with Crippen molar-refractivity contribution in [3.63, 3.8) is 0 Å². The molecule has 0 spiro atoms. The Morgan fingerprint density at radius 1 is 0.663 bits per heavy atom. The highest BCUT2D eigenvalue weighted by molar-refractivity contribution is 7.98. The first-order valence-electron chi connectivity index (χ1n) is 27.0. The molecule has 34 heteroatoms. The van der Waals surface area contributed by atoms with Gasteiger partial charge in [-0.1, -0.05) is 58.0 Å². The number of carbonyl (C=O) groups excluding carboxylic acids is 10. The van der Waals surface area contributed by atoms with Crippen LogP contribution in [0.3, 0.4) is 0 Å². The summed E-state index contributed by atoms with van der Waals surface area (Å²) in [7, 11) is 0. The van der Waals surface area contributed by atoms with Crippen molar-refractivity contribution in [1.29, 1.82) is 0 Å². The van der Waals surface area contributed by atoms with Crippen LogP contribution >= 0.6 is 11.8 Å². The van der Waals surface area contributed by atoms with Gasteiger partial charge in [-0.05, 0) is 75.0 Å². The zero-order chi connectivity index (χ0) is 65.4. The minimum absolute atomic E-state index is 0.0288. The maximum absolute atomic E-state index is 14.1. The zero-order valence-electron chi connectivity index (χ0n) is 48.4. The number of carbonyl (C=O) groups is 12. The number of hydrogen-bond donors (Lipinski definition) is 17. The number of aromatic amines is 1. The number of imidazole rings is 1. The summed E-state index contributed by atoms with van der Waals surface area (Å²) < 4.78 is 31.7. The van der Waals surface area contributed by atoms with E-state index < -0.39 is 163 Å². The maximum atomic E-state index is 14.1. The number of alkyl halides is 3. The molecular formula is C52H81F3N14O16S. The Kier molecular flexibility index (Phi) is 34.4. The van der Waals surface area contributed by atoms with Crippen LogP contribution in [0.1, 0.15) is 84.4 Å². The Morgan fingerprint density at radius 2 is 1.20 bits per heavy atom. The van der Waals surface area contributed by atoms with Crippen molar-refractivity contribution in [2.24, 2.45) is 29.0 Å². The van der Waals surface area contributed by atoms with Crippen LogP contribution in [0, 0.1) is 11.8 Å². The highest BCUT2D eigenvalue weighted by Gasteiger charge is 2.39. The van der Waals surface area contributed by atoms with Gasteiger partial charge in [-0.2, -0.15) is 24.9 Å². The molecule has 10 amide bonds. The number of carboxylic acids is 2. The Balaban J connectivity index is 0.00000495. The van der Waals surface area contributed by atoms with Crippen LogP contribution in [0.25, 0.3) is 0 Å². The first kappa shape index (κ1) is 76.1. The van der Waals surface area contributed by atoms with E-state index >= 15 is 0 Å². The lowest BCUT2D eigenvalue weighted by molar-refractivity contribution is -0.192. The Morgan fingerprint density at radius 3 is 1.71 bits per heavy atom. The summed E-state index contributed by atoms with van der Waals surface area (Å²) in [4.78, 5) is 162. The Hall–Kier alpha value is -7.95. The van der Waals surface area contributed by atoms with Crippen molar-refractivity contribution in [1.82, 2.24) is 57.8 Å². The van der Waals surface area contributed by atoms with Gasteiger partial charge in [-0.15, -0.1) is 0 Å². The number of nitrogens with zero attached hydrogens (tertiary/aromatic N) is 1. The summed E-state index contributed by atoms with van der Waals surface area (Å²) in [5, 5.41) is 59.7. The van der Waals surface area contributed by atoms with Crippen molar-refractivity contribution in [2.45, 2.75) is 153 Å². The number of aliphatic hydroxyl groups excluding tert-OH is 2. The van der Waals surface area contributed by atoms with E-state index in [-0.39, 0.29) is 44.6 Å². The average Bonchev–Trinajstić information content (AvgIpc) is 4.03. The Bertz CT molecular complexity index is 2550. The van der Waals surface area contributed by atoms with Crippen LogP contribution in [0.2, 0.25) is 0 Å². The van der Waals surface area contributed by atoms with E-state index in [2.05, 4.69) is 57.8 Å². The zero-order valence-corrected chi connectivity index (χ0v) is 49.2. The van der Waals surface area contributed by atoms with Gasteiger partial charge in [-0.3, -0.25) is 52.7 Å². The smallest absolute Gasteiger partial charge is 0.481 e. The van der Waals surface area contributed by atoms with Crippen LogP contribution in [-0.2, 0) is 70.4 Å². The maximum Gasteiger partial charge on any atom is 0.490 e. The molecule has 0 bridgehead atoms. The normalized spacial score (nSPS) is 14.7. The molecule has 10 atom stereocenters. The van der Waals surface area contributed by atoms with Gasteiger partial charge >= 0.3 is 18.1 Å². The van der Waals surface area contributed by atoms with Gasteiger partial charge in [-0.25, -0.2) is 9.78 Å². The first-order chi connectivity index (χ1) is 40.3. The van der Waals surface area contributed by atoms with Crippen molar-refractivity contribution < 1.29 is 91.1 Å². The number of hydrogen-bond acceptors (Lipinski definition) is 18. The first-order valence-corrected chi connectivity index (χ1v) is 28.4. The number of rotatable bonds is 37. The van der Waals surface area contributed by atoms with Crippen LogP contribution < -0.4 is 65.1 Å². The van der Waals surface area contributed by atoms with Crippen molar-refractivity contribution in [3.8, 4) is 0 Å². The number of primary amides is 1. The number of H-pyrrole nitrogens is 1. The number of aliphatic hydroxyl groups is 2. The quantitative estimate of drug-likeness (QED) is 0.0287. The lowest BCUT2D eigenvalue weighted by atomic mass is 10.0. The number of aromatic nitrogens is 2. The molecule has 1 aromatic heterocycles. The van der Waals surface area contributed by atoms with Gasteiger partial charge in [0, 0.05) is 24.7 Å². The standard InChI is InChI=1S/C50H80N14O14S.C2HF3O2/c1-26(2)18-34(45(73)58-32(42(53)70)15-17-79-6)57-38(67)23-55-49(77)40(27(3)4)63-47(75)35(19-29-12-8-7-9-13-29)60-48(76)37(24-65)62-46(74)36(21-39(68)69)61-50(78)41(28(5)66)64-44(72)33(14-10-11-16-51)59-43(71)31(52)20-30-22-54-25-56-30;3-2(4,5)1(6)7/h7-9,12-13,22,25-28,31-37,40-41,65-66H,10-11,14-21,23-24,51-52H2,1-6H3,(H2,53,70)(H,54,56)(H,55,77)(H,57,67)(H,58,73)(H,59,71)(H,60,76)(H,61,78)(H,62,74)(H,63,75)(H,64,72)(H,68,69);(H,6,7)/t28-,31+,32+,33+,34+,35+,36+,37+,40+,41+;/m1./s1. The van der Waals surface area contributed by atoms with Crippen molar-refractivity contribution in [2.75, 3.05) is 31.7 Å². The van der Waals surface area contributed by atoms with Crippen LogP contribution in [0.15, 0.2) is 42.9 Å². The largest absolute Gasteiger partial charge is 0.490 e. The molecular weight excluding hydrogens is 1170 g/mol. The van der Waals surface area contributed by atoms with Gasteiger partial charge in [0.05, 0.1) is 38.0 Å². The van der Waals surface area contributed by atoms with Crippen LogP contribution in [0.4, 0.5) is 13.2 Å². The van der Waals surface area contributed by atoms with E-state index in [0.29, 0.717) is 29.9 Å². The molecule has 0 radical (unpaired) electrons. The van der Waals surface area contributed by atoms with E-state index in [1.54, 1.807) is 44.2 Å². The number of nitrogens with two attached hydrogens (primary N) is 3. The molecule has 0 saturated carbocycles. The van der Waals surface area contributed by atoms with E-state index in [4.69, 9.17) is 27.1 Å². The number of nitrogens with one attached hydrogen (secondary N) is 10. The monoisotopic (exact) mass is 1250 g/mol. The molecule has 30 nitrogen and oxygen atoms in total. The number of benzene rings is 1. The molecule has 20 N–H and O–H groups in total.